The van der Waals surface area contributed by atoms with Crippen molar-refractivity contribution in [2.75, 3.05) is 4.90 Å². The number of nitrogens with zero attached hydrogens (tertiary/aromatic N) is 2. The molecule has 60 heavy (non-hydrogen) atoms. The van der Waals surface area contributed by atoms with Crippen molar-refractivity contribution in [3.63, 3.8) is 0 Å². The summed E-state index contributed by atoms with van der Waals surface area (Å²) in [7, 11) is 0. The Balaban J connectivity index is 1.17. The Kier molecular flexibility index (Phi) is 8.87. The van der Waals surface area contributed by atoms with Crippen molar-refractivity contribution in [2.24, 2.45) is 0 Å². The van der Waals surface area contributed by atoms with Crippen LogP contribution in [0.1, 0.15) is 0 Å². The molecule has 11 aromatic rings. The summed E-state index contributed by atoms with van der Waals surface area (Å²) in [5, 5.41) is 4.84. The molecule has 0 radical (unpaired) electrons. The smallest absolute Gasteiger partial charge is 0.0541 e. The van der Waals surface area contributed by atoms with Crippen LogP contribution in [0.2, 0.25) is 0 Å². The van der Waals surface area contributed by atoms with Gasteiger partial charge in [-0.1, -0.05) is 194 Å². The van der Waals surface area contributed by atoms with Gasteiger partial charge in [-0.05, 0) is 81.7 Å². The van der Waals surface area contributed by atoms with Crippen LogP contribution in [0.15, 0.2) is 243 Å². The minimum Gasteiger partial charge on any atom is -0.309 e. The fourth-order valence-corrected chi connectivity index (χ4v) is 9.02. The Morgan fingerprint density at radius 3 is 1.35 bits per heavy atom. The van der Waals surface area contributed by atoms with E-state index >= 15 is 0 Å². The van der Waals surface area contributed by atoms with Crippen LogP contribution >= 0.6 is 0 Å². The van der Waals surface area contributed by atoms with E-state index in [4.69, 9.17) is 0 Å². The quantitative estimate of drug-likeness (QED) is 0.150. The van der Waals surface area contributed by atoms with Crippen LogP contribution in [0.4, 0.5) is 17.1 Å². The zero-order valence-electron chi connectivity index (χ0n) is 33.0. The summed E-state index contributed by atoms with van der Waals surface area (Å²) in [4.78, 5) is 2.47. The molecule has 0 atom stereocenters. The van der Waals surface area contributed by atoms with Gasteiger partial charge in [0.05, 0.1) is 33.8 Å². The van der Waals surface area contributed by atoms with Gasteiger partial charge < -0.3 is 9.47 Å². The summed E-state index contributed by atoms with van der Waals surface area (Å²) in [6, 6.07) is 88.0. The molecule has 2 heteroatoms. The van der Waals surface area contributed by atoms with Crippen molar-refractivity contribution in [3.8, 4) is 50.2 Å². The third-order valence-electron chi connectivity index (χ3n) is 11.8. The second-order valence-electron chi connectivity index (χ2n) is 15.3. The zero-order chi connectivity index (χ0) is 39.8. The first-order valence-corrected chi connectivity index (χ1v) is 20.6. The first-order chi connectivity index (χ1) is 29.8. The van der Waals surface area contributed by atoms with Crippen LogP contribution in [0.25, 0.3) is 82.8 Å². The Bertz CT molecular complexity index is 3210. The van der Waals surface area contributed by atoms with Gasteiger partial charge in [-0.2, -0.15) is 0 Å². The minimum absolute atomic E-state index is 1.10. The molecule has 0 aliphatic carbocycles. The Labute approximate surface area is 350 Å². The highest BCUT2D eigenvalue weighted by molar-refractivity contribution is 6.12. The van der Waals surface area contributed by atoms with E-state index in [0.29, 0.717) is 0 Å². The molecule has 11 rings (SSSR count). The maximum Gasteiger partial charge on any atom is 0.0541 e. The van der Waals surface area contributed by atoms with E-state index in [-0.39, 0.29) is 0 Å². The van der Waals surface area contributed by atoms with E-state index in [1.54, 1.807) is 0 Å². The predicted molar refractivity (Wildman–Crippen MR) is 255 cm³/mol. The molecule has 10 aromatic carbocycles. The van der Waals surface area contributed by atoms with Gasteiger partial charge >= 0.3 is 0 Å². The minimum atomic E-state index is 1.10. The summed E-state index contributed by atoms with van der Waals surface area (Å²) in [5.41, 5.74) is 16.2. The largest absolute Gasteiger partial charge is 0.309 e. The third-order valence-corrected chi connectivity index (χ3v) is 11.8. The monoisotopic (exact) mass is 764 g/mol. The number of benzene rings is 10. The van der Waals surface area contributed by atoms with Gasteiger partial charge in [0.1, 0.15) is 0 Å². The van der Waals surface area contributed by atoms with Gasteiger partial charge in [0, 0.05) is 32.8 Å². The average Bonchev–Trinajstić information content (AvgIpc) is 3.66. The average molecular weight is 765 g/mol. The number of anilines is 3. The number of hydrogen-bond donors (Lipinski definition) is 0. The fraction of sp³-hybridized carbons (Fsp3) is 0. The standard InChI is InChI=1S/C58H40N2/c1-4-19-41(20-5-1)45-35-37-57-51(39-45)52-40-46(42-21-6-2-7-22-42)36-38-58(52)60(57)56-33-17-14-30-50(56)49-29-13-16-32-55(49)59(54-34-18-26-44-25-10-11-27-48(44)54)53-31-15-12-28-47(53)43-23-8-3-9-24-43/h1-40H. The van der Waals surface area contributed by atoms with Crippen molar-refractivity contribution in [3.05, 3.63) is 243 Å². The molecule has 0 amide bonds. The number of hydrogen-bond acceptors (Lipinski definition) is 1. The van der Waals surface area contributed by atoms with Gasteiger partial charge in [0.2, 0.25) is 0 Å². The lowest BCUT2D eigenvalue weighted by Gasteiger charge is -2.31. The molecule has 2 nitrogen and oxygen atoms in total. The van der Waals surface area contributed by atoms with Gasteiger partial charge in [-0.3, -0.25) is 0 Å². The predicted octanol–water partition coefficient (Wildman–Crippen LogP) is 16.1. The van der Waals surface area contributed by atoms with Gasteiger partial charge in [0.25, 0.3) is 0 Å². The molecular formula is C58H40N2. The molecular weight excluding hydrogens is 725 g/mol. The lowest BCUT2D eigenvalue weighted by atomic mass is 9.97. The molecule has 0 unspecified atom stereocenters. The summed E-state index contributed by atoms with van der Waals surface area (Å²) in [6.45, 7) is 0. The molecule has 0 aliphatic rings. The lowest BCUT2D eigenvalue weighted by Crippen LogP contribution is -2.13. The number of fused-ring (bicyclic) bond motifs is 4. The van der Waals surface area contributed by atoms with Crippen molar-refractivity contribution < 1.29 is 0 Å². The molecule has 0 saturated heterocycles. The van der Waals surface area contributed by atoms with E-state index in [1.165, 1.54) is 66.0 Å². The fourth-order valence-electron chi connectivity index (χ4n) is 9.02. The second-order valence-corrected chi connectivity index (χ2v) is 15.3. The Morgan fingerprint density at radius 2 is 0.717 bits per heavy atom. The van der Waals surface area contributed by atoms with Gasteiger partial charge in [-0.15, -0.1) is 0 Å². The highest BCUT2D eigenvalue weighted by atomic mass is 15.1. The van der Waals surface area contributed by atoms with Crippen LogP contribution in [0.3, 0.4) is 0 Å². The first-order valence-electron chi connectivity index (χ1n) is 20.6. The third kappa shape index (κ3) is 6.14. The Hall–Kier alpha value is -7.94. The highest BCUT2D eigenvalue weighted by Crippen LogP contribution is 2.48. The van der Waals surface area contributed by atoms with Gasteiger partial charge in [0.15, 0.2) is 0 Å². The van der Waals surface area contributed by atoms with Gasteiger partial charge in [-0.25, -0.2) is 0 Å². The van der Waals surface area contributed by atoms with E-state index in [9.17, 15) is 0 Å². The molecule has 0 aliphatic heterocycles. The molecule has 1 heterocycles. The van der Waals surface area contributed by atoms with Crippen LogP contribution in [-0.2, 0) is 0 Å². The number of para-hydroxylation sites is 3. The van der Waals surface area contributed by atoms with E-state index in [0.717, 1.165) is 33.9 Å². The molecule has 1 aromatic heterocycles. The van der Waals surface area contributed by atoms with Crippen LogP contribution in [0.5, 0.6) is 0 Å². The first kappa shape index (κ1) is 35.2. The topological polar surface area (TPSA) is 8.17 Å². The summed E-state index contributed by atoms with van der Waals surface area (Å²) >= 11 is 0. The molecule has 0 bridgehead atoms. The van der Waals surface area contributed by atoms with Crippen LogP contribution < -0.4 is 4.90 Å². The van der Waals surface area contributed by atoms with E-state index in [1.807, 2.05) is 0 Å². The molecule has 0 fully saturated rings. The van der Waals surface area contributed by atoms with E-state index in [2.05, 4.69) is 252 Å². The maximum atomic E-state index is 2.47. The van der Waals surface area contributed by atoms with Crippen molar-refractivity contribution in [1.82, 2.24) is 4.57 Å². The van der Waals surface area contributed by atoms with Crippen molar-refractivity contribution in [2.45, 2.75) is 0 Å². The summed E-state index contributed by atoms with van der Waals surface area (Å²) < 4.78 is 2.47. The zero-order valence-corrected chi connectivity index (χ0v) is 33.0. The molecule has 0 N–H and O–H groups in total. The maximum absolute atomic E-state index is 2.47. The highest BCUT2D eigenvalue weighted by Gasteiger charge is 2.24. The normalized spacial score (nSPS) is 11.3. The number of aromatic nitrogens is 1. The summed E-state index contributed by atoms with van der Waals surface area (Å²) in [6.07, 6.45) is 0. The molecule has 282 valence electrons. The second kappa shape index (κ2) is 15.1. The van der Waals surface area contributed by atoms with E-state index < -0.39 is 0 Å². The van der Waals surface area contributed by atoms with Crippen LogP contribution in [-0.4, -0.2) is 4.57 Å². The van der Waals surface area contributed by atoms with Crippen molar-refractivity contribution >= 4 is 49.6 Å². The number of rotatable bonds is 8. The summed E-state index contributed by atoms with van der Waals surface area (Å²) in [5.74, 6) is 0. The van der Waals surface area contributed by atoms with Crippen molar-refractivity contribution in [1.29, 1.82) is 0 Å². The van der Waals surface area contributed by atoms with Crippen LogP contribution in [0, 0.1) is 0 Å². The lowest BCUT2D eigenvalue weighted by molar-refractivity contribution is 1.18. The SMILES string of the molecule is c1ccc(-c2ccc3c(c2)c2cc(-c4ccccc4)ccc2n3-c2ccccc2-c2ccccc2N(c2ccccc2-c2ccccc2)c2cccc3ccccc23)cc1. The molecule has 0 saturated carbocycles. The Morgan fingerprint density at radius 1 is 0.267 bits per heavy atom. The molecule has 0 spiro atoms.